The lowest BCUT2D eigenvalue weighted by Crippen LogP contribution is -2.14. The van der Waals surface area contributed by atoms with Gasteiger partial charge in [-0.3, -0.25) is 4.98 Å². The van der Waals surface area contributed by atoms with Crippen LogP contribution in [0.25, 0.3) is 53.6 Å². The maximum Gasteiger partial charge on any atom is 0.0361 e. The molecule has 46 heavy (non-hydrogen) atoms. The van der Waals surface area contributed by atoms with E-state index in [0.717, 1.165) is 18.4 Å². The Morgan fingerprint density at radius 2 is 1.46 bits per heavy atom. The zero-order valence-electron chi connectivity index (χ0n) is 25.4. The average Bonchev–Trinajstić information content (AvgIpc) is 3.36. The Balaban J connectivity index is 1.06. The maximum absolute atomic E-state index is 4.30. The molecule has 0 amide bonds. The monoisotopic (exact) mass is 605 g/mol. The van der Waals surface area contributed by atoms with E-state index in [-0.39, 0.29) is 0 Å². The Morgan fingerprint density at radius 3 is 2.33 bits per heavy atom. The van der Waals surface area contributed by atoms with E-state index in [0.29, 0.717) is 5.92 Å². The van der Waals surface area contributed by atoms with Crippen molar-refractivity contribution in [3.63, 3.8) is 0 Å². The summed E-state index contributed by atoms with van der Waals surface area (Å²) < 4.78 is 2.67. The summed E-state index contributed by atoms with van der Waals surface area (Å²) in [6.07, 6.45) is 22.1. The first-order valence-corrected chi connectivity index (χ1v) is 16.8. The number of pyridine rings is 1. The topological polar surface area (TPSA) is 12.9 Å². The standard InChI is InChI=1S/C44H31NS/c1-2-6-29(7-3-1)30-11-14-32-17-18-34-19-20-35(26-40(34)38(32)23-21-30)36-22-24-42-41(27-36)44-39(9-4-10-43(44)46-42)33-15-12-31(13-16-33)37-8-5-25-45-28-37/h1-22,24-25,27-28,40H,23,26H2. The zero-order chi connectivity index (χ0) is 30.5. The van der Waals surface area contributed by atoms with Crippen molar-refractivity contribution >= 4 is 42.7 Å². The second-order valence-electron chi connectivity index (χ2n) is 12.3. The van der Waals surface area contributed by atoms with Crippen molar-refractivity contribution in [1.82, 2.24) is 4.98 Å². The summed E-state index contributed by atoms with van der Waals surface area (Å²) in [6.45, 7) is 0. The number of benzene rings is 4. The van der Waals surface area contributed by atoms with Crippen LogP contribution in [0, 0.1) is 5.92 Å². The molecular weight excluding hydrogens is 575 g/mol. The molecule has 0 saturated carbocycles. The number of thiophene rings is 1. The van der Waals surface area contributed by atoms with Gasteiger partial charge in [0.15, 0.2) is 0 Å². The van der Waals surface area contributed by atoms with E-state index in [1.165, 1.54) is 75.9 Å². The Morgan fingerprint density at radius 1 is 0.630 bits per heavy atom. The molecule has 0 N–H and O–H groups in total. The zero-order valence-corrected chi connectivity index (χ0v) is 26.2. The van der Waals surface area contributed by atoms with E-state index in [1.807, 2.05) is 29.8 Å². The number of aromatic nitrogens is 1. The second-order valence-corrected chi connectivity index (χ2v) is 13.4. The Labute approximate surface area is 273 Å². The molecule has 0 radical (unpaired) electrons. The summed E-state index contributed by atoms with van der Waals surface area (Å²) in [7, 11) is 0. The van der Waals surface area contributed by atoms with Gasteiger partial charge in [0, 0.05) is 38.5 Å². The first-order chi connectivity index (χ1) is 22.8. The smallest absolute Gasteiger partial charge is 0.0361 e. The van der Waals surface area contributed by atoms with Gasteiger partial charge in [0.2, 0.25) is 0 Å². The third-order valence-corrected chi connectivity index (χ3v) is 10.8. The van der Waals surface area contributed by atoms with E-state index >= 15 is 0 Å². The van der Waals surface area contributed by atoms with E-state index in [4.69, 9.17) is 0 Å². The molecule has 1 atom stereocenters. The number of nitrogens with zero attached hydrogens (tertiary/aromatic N) is 1. The van der Waals surface area contributed by atoms with Gasteiger partial charge < -0.3 is 0 Å². The quantitative estimate of drug-likeness (QED) is 0.195. The molecule has 6 aromatic rings. The number of allylic oxidation sites excluding steroid dienone is 12. The van der Waals surface area contributed by atoms with Crippen molar-refractivity contribution in [2.45, 2.75) is 12.8 Å². The van der Waals surface area contributed by atoms with Crippen LogP contribution in [0.2, 0.25) is 0 Å². The van der Waals surface area contributed by atoms with Crippen LogP contribution in [0.4, 0.5) is 0 Å². The van der Waals surface area contributed by atoms with E-state index < -0.39 is 0 Å². The summed E-state index contributed by atoms with van der Waals surface area (Å²) >= 11 is 1.89. The van der Waals surface area contributed by atoms with Crippen molar-refractivity contribution in [2.75, 3.05) is 0 Å². The van der Waals surface area contributed by atoms with Crippen LogP contribution >= 0.6 is 11.3 Å². The normalized spacial score (nSPS) is 17.3. The molecule has 218 valence electrons. The van der Waals surface area contributed by atoms with Crippen LogP contribution in [0.1, 0.15) is 24.0 Å². The van der Waals surface area contributed by atoms with Crippen LogP contribution in [0.3, 0.4) is 0 Å². The average molecular weight is 606 g/mol. The molecule has 4 aromatic carbocycles. The van der Waals surface area contributed by atoms with Gasteiger partial charge >= 0.3 is 0 Å². The van der Waals surface area contributed by atoms with Crippen LogP contribution in [-0.2, 0) is 0 Å². The highest BCUT2D eigenvalue weighted by molar-refractivity contribution is 7.25. The first-order valence-electron chi connectivity index (χ1n) is 16.0. The fourth-order valence-electron chi connectivity index (χ4n) is 7.30. The van der Waals surface area contributed by atoms with Crippen molar-refractivity contribution in [2.24, 2.45) is 5.92 Å². The van der Waals surface area contributed by atoms with Crippen LogP contribution in [0.5, 0.6) is 0 Å². The van der Waals surface area contributed by atoms with Gasteiger partial charge in [0.25, 0.3) is 0 Å². The molecule has 1 nitrogen and oxygen atoms in total. The number of fused-ring (bicyclic) bond motifs is 5. The number of rotatable bonds is 4. The van der Waals surface area contributed by atoms with Crippen molar-refractivity contribution in [3.8, 4) is 22.3 Å². The largest absolute Gasteiger partial charge is 0.264 e. The third-order valence-electron chi connectivity index (χ3n) is 9.70. The van der Waals surface area contributed by atoms with Crippen LogP contribution < -0.4 is 0 Å². The highest BCUT2D eigenvalue weighted by Crippen LogP contribution is 2.45. The molecule has 0 bridgehead atoms. The van der Waals surface area contributed by atoms with Crippen molar-refractivity contribution in [3.05, 3.63) is 186 Å². The SMILES string of the molecule is C1=CC2=C(CC=C1c1ccccc1)C1CC(c3ccc4sc5cccc(-c6ccc(-c7cccnc7)cc6)c5c4c3)=CC=C1C=C2. The Kier molecular flexibility index (Phi) is 6.61. The minimum atomic E-state index is 0.403. The minimum Gasteiger partial charge on any atom is -0.264 e. The lowest BCUT2D eigenvalue weighted by molar-refractivity contribution is 0.716. The number of hydrogen-bond acceptors (Lipinski definition) is 2. The fraction of sp³-hybridized carbons (Fsp3) is 0.0682. The fourth-order valence-corrected chi connectivity index (χ4v) is 8.41. The van der Waals surface area contributed by atoms with E-state index in [1.54, 1.807) is 0 Å². The first kappa shape index (κ1) is 27.0. The predicted octanol–water partition coefficient (Wildman–Crippen LogP) is 12.0. The highest BCUT2D eigenvalue weighted by atomic mass is 32.1. The maximum atomic E-state index is 4.30. The molecule has 0 saturated heterocycles. The van der Waals surface area contributed by atoms with Crippen molar-refractivity contribution in [1.29, 1.82) is 0 Å². The van der Waals surface area contributed by atoms with Gasteiger partial charge in [0.05, 0.1) is 0 Å². The van der Waals surface area contributed by atoms with Gasteiger partial charge in [-0.1, -0.05) is 127 Å². The summed E-state index contributed by atoms with van der Waals surface area (Å²) in [5.74, 6) is 0.403. The molecule has 1 unspecified atom stereocenters. The van der Waals surface area contributed by atoms with Gasteiger partial charge in [0.1, 0.15) is 0 Å². The minimum absolute atomic E-state index is 0.403. The molecule has 2 aromatic heterocycles. The second kappa shape index (κ2) is 11.2. The molecule has 3 aliphatic carbocycles. The summed E-state index contributed by atoms with van der Waals surface area (Å²) in [5.41, 5.74) is 14.5. The van der Waals surface area contributed by atoms with Gasteiger partial charge in [-0.15, -0.1) is 11.3 Å². The molecule has 2 heterocycles. The van der Waals surface area contributed by atoms with Crippen LogP contribution in [-0.4, -0.2) is 4.98 Å². The van der Waals surface area contributed by atoms with E-state index in [9.17, 15) is 0 Å². The molecule has 0 aliphatic heterocycles. The predicted molar refractivity (Wildman–Crippen MR) is 197 cm³/mol. The van der Waals surface area contributed by atoms with Gasteiger partial charge in [-0.05, 0) is 92.8 Å². The lowest BCUT2D eigenvalue weighted by atomic mass is 9.74. The van der Waals surface area contributed by atoms with Gasteiger partial charge in [-0.2, -0.15) is 0 Å². The highest BCUT2D eigenvalue weighted by Gasteiger charge is 2.27. The van der Waals surface area contributed by atoms with Crippen molar-refractivity contribution < 1.29 is 0 Å². The Hall–Kier alpha value is -5.31. The number of hydrogen-bond donors (Lipinski definition) is 0. The van der Waals surface area contributed by atoms with Gasteiger partial charge in [-0.25, -0.2) is 0 Å². The third kappa shape index (κ3) is 4.74. The molecule has 0 fully saturated rings. The molecule has 0 spiro atoms. The summed E-state index contributed by atoms with van der Waals surface area (Å²) in [4.78, 5) is 4.30. The van der Waals surface area contributed by atoms with Crippen LogP contribution in [0.15, 0.2) is 175 Å². The van der Waals surface area contributed by atoms with E-state index in [2.05, 4.69) is 145 Å². The lowest BCUT2D eigenvalue weighted by Gasteiger charge is -2.30. The molecule has 2 heteroatoms. The summed E-state index contributed by atoms with van der Waals surface area (Å²) in [6, 6.07) is 37.6. The molecule has 9 rings (SSSR count). The molecule has 3 aliphatic rings. The molecular formula is C44H31NS. The summed E-state index contributed by atoms with van der Waals surface area (Å²) in [5, 5.41) is 2.69. The Bertz CT molecular complexity index is 2320.